The standard InChI is InChI=1S/C16H34N4O2S/c1-14-5-4-6-16(13-14)20-11-7-15(8-12-20)17-9-10-18-23(21,22)19(2)3/h14-18H,4-13H2,1-3H3. The lowest BCUT2D eigenvalue weighted by Crippen LogP contribution is -2.49. The fraction of sp³-hybridized carbons (Fsp3) is 1.00. The molecule has 1 saturated carbocycles. The number of nitrogens with one attached hydrogen (secondary N) is 2. The average Bonchev–Trinajstić information content (AvgIpc) is 2.52. The van der Waals surface area contributed by atoms with Crippen molar-refractivity contribution >= 4 is 10.2 Å². The second-order valence-corrected chi connectivity index (χ2v) is 9.34. The van der Waals surface area contributed by atoms with Crippen molar-refractivity contribution in [3.63, 3.8) is 0 Å². The molecule has 2 fully saturated rings. The first-order valence-electron chi connectivity index (χ1n) is 9.03. The van der Waals surface area contributed by atoms with Crippen molar-refractivity contribution in [1.29, 1.82) is 0 Å². The van der Waals surface area contributed by atoms with Gasteiger partial charge >= 0.3 is 0 Å². The van der Waals surface area contributed by atoms with Crippen LogP contribution in [0.3, 0.4) is 0 Å². The zero-order valence-electron chi connectivity index (χ0n) is 14.9. The summed E-state index contributed by atoms with van der Waals surface area (Å²) in [5, 5.41) is 3.49. The van der Waals surface area contributed by atoms with Crippen LogP contribution in [0.4, 0.5) is 0 Å². The van der Waals surface area contributed by atoms with E-state index in [2.05, 4.69) is 21.9 Å². The summed E-state index contributed by atoms with van der Waals surface area (Å²) < 4.78 is 27.0. The first kappa shape index (κ1) is 19.1. The zero-order chi connectivity index (χ0) is 16.9. The van der Waals surface area contributed by atoms with Gasteiger partial charge in [0.15, 0.2) is 0 Å². The fourth-order valence-electron chi connectivity index (χ4n) is 3.79. The number of hydrogen-bond donors (Lipinski definition) is 2. The fourth-order valence-corrected chi connectivity index (χ4v) is 4.41. The maximum absolute atomic E-state index is 11.6. The summed E-state index contributed by atoms with van der Waals surface area (Å²) in [6.07, 6.45) is 7.86. The van der Waals surface area contributed by atoms with E-state index in [1.54, 1.807) is 0 Å². The minimum Gasteiger partial charge on any atom is -0.313 e. The topological polar surface area (TPSA) is 64.7 Å². The molecule has 0 radical (unpaired) electrons. The number of rotatable bonds is 7. The second-order valence-electron chi connectivity index (χ2n) is 7.37. The molecule has 23 heavy (non-hydrogen) atoms. The first-order chi connectivity index (χ1) is 10.9. The third-order valence-electron chi connectivity index (χ3n) is 5.28. The Kier molecular flexibility index (Phi) is 7.28. The molecule has 0 bridgehead atoms. The molecule has 1 heterocycles. The number of piperidine rings is 1. The number of likely N-dealkylation sites (tertiary alicyclic amines) is 1. The molecule has 0 aromatic heterocycles. The zero-order valence-corrected chi connectivity index (χ0v) is 15.7. The Balaban J connectivity index is 1.61. The van der Waals surface area contributed by atoms with Gasteiger partial charge in [-0.15, -0.1) is 0 Å². The Morgan fingerprint density at radius 3 is 2.39 bits per heavy atom. The van der Waals surface area contributed by atoms with Gasteiger partial charge in [0.1, 0.15) is 0 Å². The monoisotopic (exact) mass is 346 g/mol. The van der Waals surface area contributed by atoms with Gasteiger partial charge in [-0.2, -0.15) is 12.7 Å². The molecule has 1 saturated heterocycles. The molecular formula is C16H34N4O2S. The number of hydrogen-bond acceptors (Lipinski definition) is 4. The van der Waals surface area contributed by atoms with Crippen LogP contribution in [0.25, 0.3) is 0 Å². The predicted molar refractivity (Wildman–Crippen MR) is 94.6 cm³/mol. The molecule has 7 heteroatoms. The van der Waals surface area contributed by atoms with Crippen molar-refractivity contribution in [3.8, 4) is 0 Å². The minimum absolute atomic E-state index is 0.445. The van der Waals surface area contributed by atoms with Crippen molar-refractivity contribution < 1.29 is 8.42 Å². The highest BCUT2D eigenvalue weighted by Gasteiger charge is 2.28. The van der Waals surface area contributed by atoms with Gasteiger partial charge in [0.05, 0.1) is 0 Å². The molecule has 136 valence electrons. The lowest BCUT2D eigenvalue weighted by Gasteiger charge is -2.41. The Labute approximate surface area is 142 Å². The van der Waals surface area contributed by atoms with Crippen molar-refractivity contribution in [2.24, 2.45) is 5.92 Å². The SMILES string of the molecule is CC1CCCC(N2CCC(NCCNS(=O)(=O)N(C)C)CC2)C1. The summed E-state index contributed by atoms with van der Waals surface area (Å²) in [6, 6.07) is 1.32. The average molecular weight is 347 g/mol. The molecule has 2 N–H and O–H groups in total. The summed E-state index contributed by atoms with van der Waals surface area (Å²) in [6.45, 7) is 5.88. The van der Waals surface area contributed by atoms with E-state index in [0.717, 1.165) is 12.0 Å². The summed E-state index contributed by atoms with van der Waals surface area (Å²) in [5.41, 5.74) is 0. The highest BCUT2D eigenvalue weighted by Crippen LogP contribution is 2.29. The molecule has 1 aliphatic heterocycles. The molecule has 1 aliphatic carbocycles. The van der Waals surface area contributed by atoms with E-state index in [9.17, 15) is 8.42 Å². The largest absolute Gasteiger partial charge is 0.313 e. The van der Waals surface area contributed by atoms with Crippen molar-refractivity contribution in [1.82, 2.24) is 19.2 Å². The van der Waals surface area contributed by atoms with Crippen LogP contribution in [-0.4, -0.2) is 70.0 Å². The molecule has 6 nitrogen and oxygen atoms in total. The van der Waals surface area contributed by atoms with Gasteiger partial charge in [0, 0.05) is 39.3 Å². The van der Waals surface area contributed by atoms with Crippen LogP contribution >= 0.6 is 0 Å². The lowest BCUT2D eigenvalue weighted by atomic mass is 9.85. The lowest BCUT2D eigenvalue weighted by molar-refractivity contribution is 0.101. The number of nitrogens with zero attached hydrogens (tertiary/aromatic N) is 2. The second kappa shape index (κ2) is 8.76. The minimum atomic E-state index is -3.29. The summed E-state index contributed by atoms with van der Waals surface area (Å²) in [4.78, 5) is 2.68. The molecule has 2 atom stereocenters. The van der Waals surface area contributed by atoms with Gasteiger partial charge in [0.2, 0.25) is 0 Å². The van der Waals surface area contributed by atoms with Crippen molar-refractivity contribution in [2.45, 2.75) is 57.5 Å². The summed E-state index contributed by atoms with van der Waals surface area (Å²) >= 11 is 0. The maximum Gasteiger partial charge on any atom is 0.278 e. The van der Waals surface area contributed by atoms with E-state index in [4.69, 9.17) is 0 Å². The van der Waals surface area contributed by atoms with Crippen LogP contribution in [0.15, 0.2) is 0 Å². The van der Waals surface area contributed by atoms with E-state index in [1.165, 1.54) is 70.0 Å². The van der Waals surface area contributed by atoms with Gasteiger partial charge in [-0.25, -0.2) is 4.72 Å². The molecule has 0 aromatic rings. The molecular weight excluding hydrogens is 312 g/mol. The highest BCUT2D eigenvalue weighted by atomic mass is 32.2. The summed E-state index contributed by atoms with van der Waals surface area (Å²) in [5.74, 6) is 0.884. The molecule has 2 rings (SSSR count). The molecule has 0 aromatic carbocycles. The summed E-state index contributed by atoms with van der Waals surface area (Å²) in [7, 11) is -0.216. The third kappa shape index (κ3) is 5.98. The quantitative estimate of drug-likeness (QED) is 0.676. The Bertz CT molecular complexity index is 447. The maximum atomic E-state index is 11.6. The Morgan fingerprint density at radius 1 is 1.09 bits per heavy atom. The predicted octanol–water partition coefficient (Wildman–Crippen LogP) is 1.02. The van der Waals surface area contributed by atoms with Crippen LogP contribution < -0.4 is 10.0 Å². The van der Waals surface area contributed by atoms with E-state index < -0.39 is 10.2 Å². The van der Waals surface area contributed by atoms with E-state index in [1.807, 2.05) is 0 Å². The van der Waals surface area contributed by atoms with Gasteiger partial charge in [-0.3, -0.25) is 0 Å². The highest BCUT2D eigenvalue weighted by molar-refractivity contribution is 7.87. The Morgan fingerprint density at radius 2 is 1.78 bits per heavy atom. The van der Waals surface area contributed by atoms with Crippen LogP contribution in [-0.2, 0) is 10.2 Å². The van der Waals surface area contributed by atoms with Crippen LogP contribution in [0.1, 0.15) is 45.4 Å². The van der Waals surface area contributed by atoms with Gasteiger partial charge in [-0.1, -0.05) is 19.8 Å². The Hall–Kier alpha value is -0.210. The van der Waals surface area contributed by atoms with Crippen LogP contribution in [0.5, 0.6) is 0 Å². The third-order valence-corrected chi connectivity index (χ3v) is 6.81. The molecule has 2 aliphatic rings. The van der Waals surface area contributed by atoms with Gasteiger partial charge < -0.3 is 10.2 Å². The smallest absolute Gasteiger partial charge is 0.278 e. The van der Waals surface area contributed by atoms with E-state index in [-0.39, 0.29) is 0 Å². The van der Waals surface area contributed by atoms with E-state index in [0.29, 0.717) is 19.1 Å². The van der Waals surface area contributed by atoms with Crippen molar-refractivity contribution in [3.05, 3.63) is 0 Å². The first-order valence-corrected chi connectivity index (χ1v) is 10.5. The van der Waals surface area contributed by atoms with Gasteiger partial charge in [0.25, 0.3) is 10.2 Å². The van der Waals surface area contributed by atoms with Crippen LogP contribution in [0, 0.1) is 5.92 Å². The van der Waals surface area contributed by atoms with Crippen molar-refractivity contribution in [2.75, 3.05) is 40.3 Å². The van der Waals surface area contributed by atoms with Crippen LogP contribution in [0.2, 0.25) is 0 Å². The molecule has 0 spiro atoms. The normalized spacial score (nSPS) is 28.3. The molecule has 0 amide bonds. The van der Waals surface area contributed by atoms with Gasteiger partial charge in [-0.05, 0) is 44.7 Å². The molecule has 2 unspecified atom stereocenters. The van der Waals surface area contributed by atoms with E-state index >= 15 is 0 Å².